The van der Waals surface area contributed by atoms with E-state index in [1.165, 1.54) is 5.56 Å². The van der Waals surface area contributed by atoms with E-state index in [1.807, 2.05) is 25.2 Å². The van der Waals surface area contributed by atoms with Crippen LogP contribution in [0.15, 0.2) is 59.6 Å². The van der Waals surface area contributed by atoms with Crippen LogP contribution in [-0.4, -0.2) is 69.0 Å². The summed E-state index contributed by atoms with van der Waals surface area (Å²) in [6, 6.07) is 18.4. The highest BCUT2D eigenvalue weighted by atomic mass is 127. The van der Waals surface area contributed by atoms with Crippen LogP contribution in [0.2, 0.25) is 0 Å². The van der Waals surface area contributed by atoms with E-state index in [0.29, 0.717) is 5.75 Å². The van der Waals surface area contributed by atoms with E-state index in [0.717, 1.165) is 70.4 Å². The van der Waals surface area contributed by atoms with Gasteiger partial charge in [0.1, 0.15) is 5.75 Å². The number of nitrogens with one attached hydrogen (secondary N) is 1. The van der Waals surface area contributed by atoms with Crippen molar-refractivity contribution in [3.05, 3.63) is 60.2 Å². The Balaban J connectivity index is 0.00000272. The van der Waals surface area contributed by atoms with E-state index >= 15 is 0 Å². The Labute approximate surface area is 202 Å². The fourth-order valence-electron chi connectivity index (χ4n) is 4.59. The lowest BCUT2D eigenvalue weighted by atomic mass is 9.74. The van der Waals surface area contributed by atoms with Crippen LogP contribution in [0.1, 0.15) is 18.4 Å². The van der Waals surface area contributed by atoms with Gasteiger partial charge in [-0.1, -0.05) is 42.5 Å². The molecule has 0 unspecified atom stereocenters. The number of ether oxygens (including phenoxy) is 1. The summed E-state index contributed by atoms with van der Waals surface area (Å²) in [7, 11) is 1.86. The van der Waals surface area contributed by atoms with E-state index in [2.05, 4.69) is 50.4 Å². The lowest BCUT2D eigenvalue weighted by molar-refractivity contribution is 0.0511. The molecule has 0 spiro atoms. The highest BCUT2D eigenvalue weighted by Gasteiger charge is 2.35. The molecule has 0 aliphatic carbocycles. The molecule has 0 amide bonds. The summed E-state index contributed by atoms with van der Waals surface area (Å²) in [6.45, 7) is 5.91. The number of piperazine rings is 1. The topological polar surface area (TPSA) is 60.3 Å². The molecule has 168 valence electrons. The molecule has 4 rings (SSSR count). The fraction of sp³-hybridized carbons (Fsp3) is 0.458. The molecule has 7 heteroatoms. The zero-order valence-electron chi connectivity index (χ0n) is 18.2. The van der Waals surface area contributed by atoms with Crippen molar-refractivity contribution in [2.75, 3.05) is 57.9 Å². The number of aromatic hydroxyl groups is 1. The number of phenolic OH excluding ortho intramolecular Hbond substituents is 1. The largest absolute Gasteiger partial charge is 0.506 e. The van der Waals surface area contributed by atoms with E-state index in [-0.39, 0.29) is 29.4 Å². The Bertz CT molecular complexity index is 848. The Hall–Kier alpha value is -2.00. The number of nitrogens with zero attached hydrogens (tertiary/aromatic N) is 3. The molecular formula is C24H33IN4O2. The predicted octanol–water partition coefficient (Wildman–Crippen LogP) is 3.46. The van der Waals surface area contributed by atoms with Crippen LogP contribution < -0.4 is 10.2 Å². The number of hydrogen-bond donors (Lipinski definition) is 2. The fourth-order valence-corrected chi connectivity index (χ4v) is 4.59. The Morgan fingerprint density at radius 3 is 2.29 bits per heavy atom. The molecule has 2 aliphatic heterocycles. The Morgan fingerprint density at radius 1 is 1.00 bits per heavy atom. The molecule has 0 saturated carbocycles. The molecule has 2 aliphatic rings. The quantitative estimate of drug-likeness (QED) is 0.356. The van der Waals surface area contributed by atoms with Crippen molar-refractivity contribution < 1.29 is 9.84 Å². The van der Waals surface area contributed by atoms with Gasteiger partial charge < -0.3 is 25.0 Å². The molecule has 2 heterocycles. The molecule has 2 aromatic rings. The second-order valence-electron chi connectivity index (χ2n) is 8.12. The molecule has 31 heavy (non-hydrogen) atoms. The van der Waals surface area contributed by atoms with E-state index in [9.17, 15) is 5.11 Å². The molecule has 0 radical (unpaired) electrons. The third-order valence-corrected chi connectivity index (χ3v) is 6.43. The summed E-state index contributed by atoms with van der Waals surface area (Å²) in [4.78, 5) is 9.12. The third kappa shape index (κ3) is 5.44. The van der Waals surface area contributed by atoms with Gasteiger partial charge in [0, 0.05) is 58.4 Å². The maximum atomic E-state index is 10.1. The van der Waals surface area contributed by atoms with Crippen molar-refractivity contribution in [3.8, 4) is 5.75 Å². The van der Waals surface area contributed by atoms with Gasteiger partial charge in [0.25, 0.3) is 0 Å². The maximum absolute atomic E-state index is 10.1. The molecule has 2 aromatic carbocycles. The van der Waals surface area contributed by atoms with Gasteiger partial charge >= 0.3 is 0 Å². The molecule has 2 saturated heterocycles. The van der Waals surface area contributed by atoms with Crippen molar-refractivity contribution >= 4 is 35.6 Å². The first-order chi connectivity index (χ1) is 14.7. The highest BCUT2D eigenvalue weighted by molar-refractivity contribution is 14.0. The summed E-state index contributed by atoms with van der Waals surface area (Å²) >= 11 is 0. The SMILES string of the molecule is CN=C(NCC1(c2ccccc2)CCOCC1)N1CCN(c2ccccc2O)CC1.I. The van der Waals surface area contributed by atoms with Gasteiger partial charge in [-0.05, 0) is 30.5 Å². The van der Waals surface area contributed by atoms with E-state index in [1.54, 1.807) is 6.07 Å². The van der Waals surface area contributed by atoms with Gasteiger partial charge in [-0.2, -0.15) is 0 Å². The van der Waals surface area contributed by atoms with E-state index < -0.39 is 0 Å². The Kier molecular flexibility index (Phi) is 8.43. The van der Waals surface area contributed by atoms with Crippen LogP contribution in [0, 0.1) is 0 Å². The number of para-hydroxylation sites is 2. The smallest absolute Gasteiger partial charge is 0.193 e. The first kappa shape index (κ1) is 23.7. The number of rotatable bonds is 4. The average Bonchev–Trinajstić information content (AvgIpc) is 2.81. The molecule has 0 aromatic heterocycles. The van der Waals surface area contributed by atoms with Crippen molar-refractivity contribution in [1.29, 1.82) is 0 Å². The van der Waals surface area contributed by atoms with Crippen LogP contribution in [-0.2, 0) is 10.2 Å². The summed E-state index contributed by atoms with van der Waals surface area (Å²) in [5.74, 6) is 1.30. The van der Waals surface area contributed by atoms with Gasteiger partial charge in [0.2, 0.25) is 0 Å². The minimum absolute atomic E-state index is 0. The first-order valence-corrected chi connectivity index (χ1v) is 10.8. The van der Waals surface area contributed by atoms with Gasteiger partial charge in [-0.25, -0.2) is 0 Å². The number of hydrogen-bond acceptors (Lipinski definition) is 4. The van der Waals surface area contributed by atoms with E-state index in [4.69, 9.17) is 4.74 Å². The van der Waals surface area contributed by atoms with Crippen molar-refractivity contribution in [2.24, 2.45) is 4.99 Å². The molecule has 2 N–H and O–H groups in total. The number of guanidine groups is 1. The lowest BCUT2D eigenvalue weighted by Gasteiger charge is -2.41. The number of aliphatic imine (C=N–C) groups is 1. The van der Waals surface area contributed by atoms with Gasteiger partial charge in [-0.15, -0.1) is 24.0 Å². The van der Waals surface area contributed by atoms with Gasteiger partial charge in [0.15, 0.2) is 5.96 Å². The lowest BCUT2D eigenvalue weighted by Crippen LogP contribution is -2.55. The number of phenols is 1. The van der Waals surface area contributed by atoms with Gasteiger partial charge in [0.05, 0.1) is 5.69 Å². The molecular weight excluding hydrogens is 503 g/mol. The Morgan fingerprint density at radius 2 is 1.65 bits per heavy atom. The van der Waals surface area contributed by atoms with Gasteiger partial charge in [-0.3, -0.25) is 4.99 Å². The first-order valence-electron chi connectivity index (χ1n) is 10.8. The zero-order chi connectivity index (χ0) is 20.8. The molecule has 0 bridgehead atoms. The second-order valence-corrected chi connectivity index (χ2v) is 8.12. The number of anilines is 1. The van der Waals surface area contributed by atoms with Crippen LogP contribution in [0.5, 0.6) is 5.75 Å². The highest BCUT2D eigenvalue weighted by Crippen LogP contribution is 2.34. The standard InChI is InChI=1S/C24H32N4O2.HI/c1-25-23(28-15-13-27(14-16-28)21-9-5-6-10-22(21)29)26-19-24(11-17-30-18-12-24)20-7-3-2-4-8-20;/h2-10,29H,11-19H2,1H3,(H,25,26);1H. The monoisotopic (exact) mass is 536 g/mol. The second kappa shape index (κ2) is 11.0. The number of benzene rings is 2. The zero-order valence-corrected chi connectivity index (χ0v) is 20.5. The summed E-state index contributed by atoms with van der Waals surface area (Å²) < 4.78 is 5.66. The van der Waals surface area contributed by atoms with Crippen LogP contribution in [0.4, 0.5) is 5.69 Å². The van der Waals surface area contributed by atoms with Crippen LogP contribution >= 0.6 is 24.0 Å². The van der Waals surface area contributed by atoms with Crippen LogP contribution in [0.3, 0.4) is 0 Å². The summed E-state index contributed by atoms with van der Waals surface area (Å²) in [5, 5.41) is 13.8. The predicted molar refractivity (Wildman–Crippen MR) is 137 cm³/mol. The third-order valence-electron chi connectivity index (χ3n) is 6.43. The molecule has 6 nitrogen and oxygen atoms in total. The molecule has 2 fully saturated rings. The minimum Gasteiger partial charge on any atom is -0.506 e. The minimum atomic E-state index is 0. The summed E-state index contributed by atoms with van der Waals surface area (Å²) in [5.41, 5.74) is 2.36. The maximum Gasteiger partial charge on any atom is 0.193 e. The summed E-state index contributed by atoms with van der Waals surface area (Å²) in [6.07, 6.45) is 2.03. The van der Waals surface area contributed by atoms with Crippen molar-refractivity contribution in [1.82, 2.24) is 10.2 Å². The van der Waals surface area contributed by atoms with Crippen molar-refractivity contribution in [2.45, 2.75) is 18.3 Å². The molecule has 0 atom stereocenters. The average molecular weight is 536 g/mol. The van der Waals surface area contributed by atoms with Crippen molar-refractivity contribution in [3.63, 3.8) is 0 Å². The normalized spacial score (nSPS) is 18.9. The number of halogens is 1. The van der Waals surface area contributed by atoms with Crippen LogP contribution in [0.25, 0.3) is 0 Å².